The van der Waals surface area contributed by atoms with Crippen molar-refractivity contribution >= 4 is 24.0 Å². The summed E-state index contributed by atoms with van der Waals surface area (Å²) in [5.41, 5.74) is 3.77. The fraction of sp³-hybridized carbons (Fsp3) is 0.182. The number of hydrogen-bond acceptors (Lipinski definition) is 3. The Morgan fingerprint density at radius 1 is 1.29 bits per heavy atom. The van der Waals surface area contributed by atoms with Gasteiger partial charge in [-0.25, -0.2) is 4.98 Å². The molecule has 0 fully saturated rings. The van der Waals surface area contributed by atoms with Gasteiger partial charge < -0.3 is 0 Å². The summed E-state index contributed by atoms with van der Waals surface area (Å²) in [5.74, 6) is 0. The average Bonchev–Trinajstić information content (AvgIpc) is 2.51. The topological polar surface area (TPSA) is 12.9 Å². The third-order valence-corrected chi connectivity index (χ3v) is 3.38. The third kappa shape index (κ3) is 1.83. The molecule has 1 aromatic heterocycles. The summed E-state index contributed by atoms with van der Waals surface area (Å²) in [7, 11) is 0. The predicted octanol–water partition coefficient (Wildman–Crippen LogP) is 3.72. The molecule has 0 saturated carbocycles. The Kier molecular flexibility index (Phi) is 2.61. The molecule has 2 rings (SSSR count). The van der Waals surface area contributed by atoms with Crippen LogP contribution >= 0.6 is 24.0 Å². The predicted molar refractivity (Wildman–Crippen MR) is 64.3 cm³/mol. The van der Waals surface area contributed by atoms with E-state index >= 15 is 0 Å². The van der Waals surface area contributed by atoms with Crippen LogP contribution in [0.15, 0.2) is 28.6 Å². The molecule has 0 atom stereocenters. The standard InChI is InChI=1S/C11H11NS2/c1-7-3-4-9(8(2)5-7)11-12-10(13)6-14-11/h3-6,13H,1-2H3. The quantitative estimate of drug-likeness (QED) is 0.724. The van der Waals surface area contributed by atoms with Crippen LogP contribution in [0.5, 0.6) is 0 Å². The van der Waals surface area contributed by atoms with E-state index in [0.29, 0.717) is 0 Å². The molecule has 0 aliphatic carbocycles. The Hall–Kier alpha value is -0.800. The minimum atomic E-state index is 0.796. The molecule has 0 radical (unpaired) electrons. The molecule has 0 unspecified atom stereocenters. The number of thiazole rings is 1. The number of nitrogens with zero attached hydrogens (tertiary/aromatic N) is 1. The highest BCUT2D eigenvalue weighted by Crippen LogP contribution is 2.28. The van der Waals surface area contributed by atoms with Gasteiger partial charge in [0.15, 0.2) is 0 Å². The summed E-state index contributed by atoms with van der Waals surface area (Å²) in [6.07, 6.45) is 0. The number of aryl methyl sites for hydroxylation is 2. The lowest BCUT2D eigenvalue weighted by Gasteiger charge is -2.02. The number of thiol groups is 1. The van der Waals surface area contributed by atoms with E-state index < -0.39 is 0 Å². The summed E-state index contributed by atoms with van der Waals surface area (Å²) in [6.45, 7) is 4.21. The van der Waals surface area contributed by atoms with E-state index in [2.05, 4.69) is 49.7 Å². The lowest BCUT2D eigenvalue weighted by Crippen LogP contribution is -1.83. The minimum Gasteiger partial charge on any atom is -0.230 e. The highest BCUT2D eigenvalue weighted by atomic mass is 32.1. The maximum absolute atomic E-state index is 4.35. The van der Waals surface area contributed by atoms with Gasteiger partial charge in [0, 0.05) is 10.9 Å². The maximum atomic E-state index is 4.35. The van der Waals surface area contributed by atoms with Crippen LogP contribution in [0.4, 0.5) is 0 Å². The van der Waals surface area contributed by atoms with Gasteiger partial charge in [-0.2, -0.15) is 0 Å². The van der Waals surface area contributed by atoms with Crippen LogP contribution in [0.3, 0.4) is 0 Å². The smallest absolute Gasteiger partial charge is 0.124 e. The fourth-order valence-corrected chi connectivity index (χ4v) is 2.55. The number of hydrogen-bond donors (Lipinski definition) is 1. The highest BCUT2D eigenvalue weighted by molar-refractivity contribution is 7.80. The Balaban J connectivity index is 2.52. The van der Waals surface area contributed by atoms with Gasteiger partial charge in [0.1, 0.15) is 10.0 Å². The second-order valence-electron chi connectivity index (χ2n) is 3.33. The first-order chi connectivity index (χ1) is 6.66. The van der Waals surface area contributed by atoms with Gasteiger partial charge in [0.05, 0.1) is 0 Å². The summed E-state index contributed by atoms with van der Waals surface area (Å²) in [5, 5.41) is 3.80. The van der Waals surface area contributed by atoms with Gasteiger partial charge in [-0.05, 0) is 19.4 Å². The molecule has 14 heavy (non-hydrogen) atoms. The lowest BCUT2D eigenvalue weighted by atomic mass is 10.1. The largest absolute Gasteiger partial charge is 0.230 e. The molecule has 3 heteroatoms. The van der Waals surface area contributed by atoms with Crippen LogP contribution in [0.1, 0.15) is 11.1 Å². The van der Waals surface area contributed by atoms with Crippen LogP contribution in [0.2, 0.25) is 0 Å². The Bertz CT molecular complexity index is 460. The van der Waals surface area contributed by atoms with Crippen molar-refractivity contribution in [1.82, 2.24) is 4.98 Å². The zero-order valence-electron chi connectivity index (χ0n) is 8.11. The fourth-order valence-electron chi connectivity index (χ4n) is 1.44. The molecule has 1 heterocycles. The molecule has 1 aromatic carbocycles. The van der Waals surface area contributed by atoms with Gasteiger partial charge in [0.2, 0.25) is 0 Å². The van der Waals surface area contributed by atoms with E-state index in [1.54, 1.807) is 11.3 Å². The molecule has 0 aliphatic heterocycles. The molecule has 0 bridgehead atoms. The van der Waals surface area contributed by atoms with Gasteiger partial charge in [0.25, 0.3) is 0 Å². The van der Waals surface area contributed by atoms with Crippen LogP contribution in [0, 0.1) is 13.8 Å². The number of benzene rings is 1. The van der Waals surface area contributed by atoms with Crippen molar-refractivity contribution in [3.63, 3.8) is 0 Å². The summed E-state index contributed by atoms with van der Waals surface area (Å²) in [6, 6.07) is 6.41. The van der Waals surface area contributed by atoms with E-state index in [1.165, 1.54) is 16.7 Å². The van der Waals surface area contributed by atoms with E-state index in [0.717, 1.165) is 10.0 Å². The first-order valence-corrected chi connectivity index (χ1v) is 5.71. The van der Waals surface area contributed by atoms with Crippen LogP contribution in [0.25, 0.3) is 10.6 Å². The van der Waals surface area contributed by atoms with Gasteiger partial charge in [-0.1, -0.05) is 23.8 Å². The van der Waals surface area contributed by atoms with E-state index in [1.807, 2.05) is 5.38 Å². The van der Waals surface area contributed by atoms with Gasteiger partial charge >= 0.3 is 0 Å². The van der Waals surface area contributed by atoms with E-state index in [-0.39, 0.29) is 0 Å². The van der Waals surface area contributed by atoms with Crippen LogP contribution in [-0.4, -0.2) is 4.98 Å². The molecular formula is C11H11NS2. The Morgan fingerprint density at radius 2 is 2.07 bits per heavy atom. The molecular weight excluding hydrogens is 210 g/mol. The van der Waals surface area contributed by atoms with Crippen LogP contribution < -0.4 is 0 Å². The molecule has 0 aliphatic rings. The lowest BCUT2D eigenvalue weighted by molar-refractivity contribution is 1.21. The van der Waals surface area contributed by atoms with E-state index in [9.17, 15) is 0 Å². The summed E-state index contributed by atoms with van der Waals surface area (Å²) < 4.78 is 0. The highest BCUT2D eigenvalue weighted by Gasteiger charge is 2.05. The van der Waals surface area contributed by atoms with Crippen molar-refractivity contribution in [2.75, 3.05) is 0 Å². The van der Waals surface area contributed by atoms with Gasteiger partial charge in [-0.15, -0.1) is 24.0 Å². The molecule has 2 aromatic rings. The number of rotatable bonds is 1. The molecule has 0 amide bonds. The molecule has 0 saturated heterocycles. The first-order valence-electron chi connectivity index (χ1n) is 4.39. The van der Waals surface area contributed by atoms with Crippen molar-refractivity contribution < 1.29 is 0 Å². The SMILES string of the molecule is Cc1ccc(-c2nc(S)cs2)c(C)c1. The second-order valence-corrected chi connectivity index (χ2v) is 4.65. The second kappa shape index (κ2) is 3.75. The van der Waals surface area contributed by atoms with E-state index in [4.69, 9.17) is 0 Å². The zero-order chi connectivity index (χ0) is 10.1. The van der Waals surface area contributed by atoms with Crippen molar-refractivity contribution in [2.24, 2.45) is 0 Å². The summed E-state index contributed by atoms with van der Waals surface area (Å²) in [4.78, 5) is 4.35. The van der Waals surface area contributed by atoms with Crippen molar-refractivity contribution in [2.45, 2.75) is 18.9 Å². The minimum absolute atomic E-state index is 0.796. The van der Waals surface area contributed by atoms with Crippen LogP contribution in [-0.2, 0) is 0 Å². The van der Waals surface area contributed by atoms with Crippen molar-refractivity contribution in [3.8, 4) is 10.6 Å². The van der Waals surface area contributed by atoms with Crippen molar-refractivity contribution in [3.05, 3.63) is 34.7 Å². The Morgan fingerprint density at radius 3 is 2.64 bits per heavy atom. The van der Waals surface area contributed by atoms with Crippen molar-refractivity contribution in [1.29, 1.82) is 0 Å². The Labute approximate surface area is 93.2 Å². The first kappa shape index (κ1) is 9.74. The molecule has 72 valence electrons. The monoisotopic (exact) mass is 221 g/mol. The molecule has 0 N–H and O–H groups in total. The molecule has 1 nitrogen and oxygen atoms in total. The normalized spacial score (nSPS) is 10.5. The maximum Gasteiger partial charge on any atom is 0.124 e. The van der Waals surface area contributed by atoms with Gasteiger partial charge in [-0.3, -0.25) is 0 Å². The zero-order valence-corrected chi connectivity index (χ0v) is 9.82. The molecule has 0 spiro atoms. The summed E-state index contributed by atoms with van der Waals surface area (Å²) >= 11 is 5.84. The third-order valence-electron chi connectivity index (χ3n) is 2.10. The average molecular weight is 221 g/mol. The number of aromatic nitrogens is 1.